The van der Waals surface area contributed by atoms with Crippen molar-refractivity contribution in [3.8, 4) is 23.0 Å². The molecule has 2 amide bonds. The summed E-state index contributed by atoms with van der Waals surface area (Å²) in [5.41, 5.74) is 2.69. The Labute approximate surface area is 223 Å². The number of ether oxygens (including phenoxy) is 4. The van der Waals surface area contributed by atoms with E-state index in [1.807, 2.05) is 41.4 Å². The molecule has 0 N–H and O–H groups in total. The number of ketones is 1. The van der Waals surface area contributed by atoms with E-state index in [0.29, 0.717) is 47.5 Å². The quantitative estimate of drug-likeness (QED) is 0.381. The molecule has 4 atom stereocenters. The van der Waals surface area contributed by atoms with Crippen LogP contribution in [0.5, 0.6) is 23.0 Å². The number of carbonyl (C=O) groups is 3. The molecule has 39 heavy (non-hydrogen) atoms. The minimum absolute atomic E-state index is 0.0896. The van der Waals surface area contributed by atoms with Gasteiger partial charge in [-0.1, -0.05) is 24.3 Å². The van der Waals surface area contributed by atoms with Crippen LogP contribution in [0.2, 0.25) is 0 Å². The van der Waals surface area contributed by atoms with Crippen LogP contribution in [0.25, 0.3) is 6.08 Å². The average molecular weight is 523 g/mol. The number of anilines is 1. The number of imide groups is 1. The molecule has 2 saturated heterocycles. The van der Waals surface area contributed by atoms with Crippen molar-refractivity contribution in [3.05, 3.63) is 83.6 Å². The van der Waals surface area contributed by atoms with Gasteiger partial charge in [0.15, 0.2) is 28.8 Å². The molecule has 194 valence electrons. The van der Waals surface area contributed by atoms with Gasteiger partial charge in [0, 0.05) is 17.8 Å². The van der Waals surface area contributed by atoms with Gasteiger partial charge < -0.3 is 23.8 Å². The highest BCUT2D eigenvalue weighted by Crippen LogP contribution is 2.54. The highest BCUT2D eigenvalue weighted by atomic mass is 16.7. The number of fused-ring (bicyclic) bond motifs is 7. The third-order valence-corrected chi connectivity index (χ3v) is 8.17. The van der Waals surface area contributed by atoms with Crippen molar-refractivity contribution in [2.75, 3.05) is 24.9 Å². The lowest BCUT2D eigenvalue weighted by Gasteiger charge is -2.35. The number of benzene rings is 3. The maximum Gasteiger partial charge on any atom is 0.240 e. The number of nitrogens with zero attached hydrogens (tertiary/aromatic N) is 2. The Morgan fingerprint density at radius 3 is 2.38 bits per heavy atom. The van der Waals surface area contributed by atoms with Crippen LogP contribution in [0.15, 0.2) is 66.9 Å². The van der Waals surface area contributed by atoms with E-state index < -0.39 is 29.8 Å². The van der Waals surface area contributed by atoms with Crippen molar-refractivity contribution >= 4 is 29.4 Å². The van der Waals surface area contributed by atoms with Gasteiger partial charge >= 0.3 is 0 Å². The van der Waals surface area contributed by atoms with Gasteiger partial charge in [-0.2, -0.15) is 0 Å². The summed E-state index contributed by atoms with van der Waals surface area (Å²) < 4.78 is 22.2. The van der Waals surface area contributed by atoms with Crippen LogP contribution in [-0.4, -0.2) is 48.5 Å². The standard InChI is InChI=1S/C30H22N2O7/c33-28(17-5-7-21-22(13-17)39-15-38-21)27-25-24(26-19-4-2-1-3-16(19)9-10-31(26)27)29(34)32(30(25)35)18-6-8-20-23(14-18)37-12-11-36-20/h1-10,13-14,24-27H,11-12,15H2/t24-,25-,26-,27+/m1/s1. The molecule has 2 fully saturated rings. The first-order valence-corrected chi connectivity index (χ1v) is 12.9. The van der Waals surface area contributed by atoms with Crippen LogP contribution >= 0.6 is 0 Å². The molecule has 0 unspecified atom stereocenters. The number of amides is 2. The first-order chi connectivity index (χ1) is 19.1. The molecule has 0 aliphatic carbocycles. The van der Waals surface area contributed by atoms with Crippen LogP contribution in [0.1, 0.15) is 27.5 Å². The Bertz CT molecular complexity index is 1610. The van der Waals surface area contributed by atoms with Crippen molar-refractivity contribution in [3.63, 3.8) is 0 Å². The summed E-state index contributed by atoms with van der Waals surface area (Å²) in [6.45, 7) is 0.911. The zero-order chi connectivity index (χ0) is 26.2. The lowest BCUT2D eigenvalue weighted by Crippen LogP contribution is -2.44. The minimum atomic E-state index is -0.872. The zero-order valence-electron chi connectivity index (χ0n) is 20.6. The van der Waals surface area contributed by atoms with Crippen molar-refractivity contribution < 1.29 is 33.3 Å². The summed E-state index contributed by atoms with van der Waals surface area (Å²) in [5, 5.41) is 0. The van der Waals surface area contributed by atoms with E-state index in [9.17, 15) is 14.4 Å². The van der Waals surface area contributed by atoms with E-state index in [1.54, 1.807) is 36.4 Å². The summed E-state index contributed by atoms with van der Waals surface area (Å²) in [5.74, 6) is -0.488. The third-order valence-electron chi connectivity index (χ3n) is 8.17. The highest BCUT2D eigenvalue weighted by molar-refractivity contribution is 6.24. The Balaban J connectivity index is 1.24. The number of Topliss-reactive ketones (excluding diaryl/α,β-unsaturated/α-hetero) is 1. The third kappa shape index (κ3) is 3.10. The van der Waals surface area contributed by atoms with Crippen LogP contribution in [0, 0.1) is 11.8 Å². The van der Waals surface area contributed by atoms with Crippen LogP contribution in [0.4, 0.5) is 5.69 Å². The van der Waals surface area contributed by atoms with Crippen molar-refractivity contribution in [1.29, 1.82) is 0 Å². The van der Waals surface area contributed by atoms with Gasteiger partial charge in [-0.3, -0.25) is 14.4 Å². The molecule has 3 aromatic rings. The van der Waals surface area contributed by atoms with E-state index in [0.717, 1.165) is 11.1 Å². The molecule has 8 rings (SSSR count). The molecule has 9 nitrogen and oxygen atoms in total. The summed E-state index contributed by atoms with van der Waals surface area (Å²) >= 11 is 0. The molecule has 0 radical (unpaired) electrons. The fourth-order valence-corrected chi connectivity index (χ4v) is 6.50. The summed E-state index contributed by atoms with van der Waals surface area (Å²) in [6, 6.07) is 16.5. The van der Waals surface area contributed by atoms with E-state index in [4.69, 9.17) is 18.9 Å². The fourth-order valence-electron chi connectivity index (χ4n) is 6.50. The SMILES string of the molecule is O=C(c1ccc2c(c1)OCO2)[C@@H]1[C@@H]2C(=O)N(c3ccc4c(c3)OCCO4)C(=O)[C@H]2[C@H]2c3ccccc3C=CN12. The first kappa shape index (κ1) is 22.2. The molecule has 0 bridgehead atoms. The van der Waals surface area contributed by atoms with Gasteiger partial charge in [-0.05, 0) is 47.5 Å². The van der Waals surface area contributed by atoms with Gasteiger partial charge in [0.2, 0.25) is 18.6 Å². The Kier molecular flexibility index (Phi) is 4.62. The monoisotopic (exact) mass is 522 g/mol. The number of rotatable bonds is 3. The predicted octanol–water partition coefficient (Wildman–Crippen LogP) is 3.58. The largest absolute Gasteiger partial charge is 0.486 e. The van der Waals surface area contributed by atoms with Gasteiger partial charge in [0.25, 0.3) is 0 Å². The molecule has 5 aliphatic heterocycles. The van der Waals surface area contributed by atoms with Crippen LogP contribution < -0.4 is 23.8 Å². The molecule has 0 spiro atoms. The maximum absolute atomic E-state index is 14.2. The topological polar surface area (TPSA) is 94.6 Å². The maximum atomic E-state index is 14.2. The van der Waals surface area contributed by atoms with Gasteiger partial charge in [0.1, 0.15) is 19.3 Å². The number of carbonyl (C=O) groups excluding carboxylic acids is 3. The molecule has 3 aromatic carbocycles. The van der Waals surface area contributed by atoms with Gasteiger partial charge in [-0.15, -0.1) is 0 Å². The lowest BCUT2D eigenvalue weighted by molar-refractivity contribution is -0.123. The van der Waals surface area contributed by atoms with Gasteiger partial charge in [0.05, 0.1) is 23.6 Å². The van der Waals surface area contributed by atoms with Crippen molar-refractivity contribution in [2.45, 2.75) is 12.1 Å². The van der Waals surface area contributed by atoms with Crippen LogP contribution in [-0.2, 0) is 9.59 Å². The molecule has 0 aromatic heterocycles. The lowest BCUT2D eigenvalue weighted by atomic mass is 9.83. The van der Waals surface area contributed by atoms with E-state index >= 15 is 0 Å². The minimum Gasteiger partial charge on any atom is -0.486 e. The molecule has 9 heteroatoms. The fraction of sp³-hybridized carbons (Fsp3) is 0.233. The Hall–Kier alpha value is -4.79. The summed E-state index contributed by atoms with van der Waals surface area (Å²) in [4.78, 5) is 45.5. The predicted molar refractivity (Wildman–Crippen MR) is 138 cm³/mol. The first-order valence-electron chi connectivity index (χ1n) is 12.9. The highest BCUT2D eigenvalue weighted by Gasteiger charge is 2.64. The molecule has 5 heterocycles. The summed E-state index contributed by atoms with van der Waals surface area (Å²) in [7, 11) is 0. The number of hydrogen-bond donors (Lipinski definition) is 0. The molecular formula is C30H22N2O7. The Morgan fingerprint density at radius 2 is 1.49 bits per heavy atom. The number of hydrogen-bond acceptors (Lipinski definition) is 8. The normalized spacial score (nSPS) is 25.4. The Morgan fingerprint density at radius 1 is 0.769 bits per heavy atom. The van der Waals surface area contributed by atoms with E-state index in [-0.39, 0.29) is 18.5 Å². The van der Waals surface area contributed by atoms with E-state index in [2.05, 4.69) is 0 Å². The second kappa shape index (κ2) is 8.10. The average Bonchev–Trinajstić information content (AvgIpc) is 3.65. The molecule has 0 saturated carbocycles. The smallest absolute Gasteiger partial charge is 0.240 e. The second-order valence-corrected chi connectivity index (χ2v) is 10.1. The van der Waals surface area contributed by atoms with Crippen LogP contribution in [0.3, 0.4) is 0 Å². The molecule has 5 aliphatic rings. The van der Waals surface area contributed by atoms with Gasteiger partial charge in [-0.25, -0.2) is 4.90 Å². The van der Waals surface area contributed by atoms with Crippen molar-refractivity contribution in [2.24, 2.45) is 11.8 Å². The second-order valence-electron chi connectivity index (χ2n) is 10.1. The zero-order valence-corrected chi connectivity index (χ0v) is 20.6. The van der Waals surface area contributed by atoms with E-state index in [1.165, 1.54) is 4.90 Å². The summed E-state index contributed by atoms with van der Waals surface area (Å²) in [6.07, 6.45) is 3.77. The molecular weight excluding hydrogens is 500 g/mol. The van der Waals surface area contributed by atoms with Crippen molar-refractivity contribution in [1.82, 2.24) is 4.90 Å².